The first kappa shape index (κ1) is 18.4. The highest BCUT2D eigenvalue weighted by Gasteiger charge is 2.11. The summed E-state index contributed by atoms with van der Waals surface area (Å²) in [5.74, 6) is -0.00755. The second-order valence-corrected chi connectivity index (χ2v) is 6.98. The minimum absolute atomic E-state index is 0.0867. The molecule has 0 bridgehead atoms. The van der Waals surface area contributed by atoms with Crippen LogP contribution in [0.4, 0.5) is 0 Å². The molecule has 0 heterocycles. The third kappa shape index (κ3) is 7.38. The Morgan fingerprint density at radius 1 is 1.32 bits per heavy atom. The minimum atomic E-state index is -3.30. The molecule has 0 aromatic heterocycles. The molecule has 0 atom stereocenters. The number of sulfonamides is 1. The third-order valence-electron chi connectivity index (χ3n) is 3.22. The maximum atomic E-state index is 11.9. The summed E-state index contributed by atoms with van der Waals surface area (Å²) >= 11 is 0. The summed E-state index contributed by atoms with van der Waals surface area (Å²) in [6.45, 7) is 6.02. The van der Waals surface area contributed by atoms with Gasteiger partial charge in [-0.2, -0.15) is 0 Å². The van der Waals surface area contributed by atoms with E-state index in [0.717, 1.165) is 12.0 Å². The van der Waals surface area contributed by atoms with Crippen LogP contribution in [0.25, 0.3) is 0 Å². The van der Waals surface area contributed by atoms with Gasteiger partial charge in [0.25, 0.3) is 0 Å². The first-order valence-electron chi connectivity index (χ1n) is 7.32. The van der Waals surface area contributed by atoms with Gasteiger partial charge in [-0.15, -0.1) is 6.58 Å². The van der Waals surface area contributed by atoms with Gasteiger partial charge in [0, 0.05) is 26.6 Å². The fourth-order valence-corrected chi connectivity index (χ4v) is 3.12. The van der Waals surface area contributed by atoms with E-state index < -0.39 is 10.0 Å². The van der Waals surface area contributed by atoms with E-state index in [1.807, 2.05) is 30.3 Å². The van der Waals surface area contributed by atoms with E-state index in [-0.39, 0.29) is 18.2 Å². The standard InChI is InChI=1S/C16H24N2O3S/c1-3-12-18(15(2)19)13-11-17-22(20,21)14-7-10-16-8-5-4-6-9-16/h3-6,8-9,17H,1,7,10-14H2,2H3. The van der Waals surface area contributed by atoms with Crippen LogP contribution in [0.15, 0.2) is 43.0 Å². The molecule has 122 valence electrons. The van der Waals surface area contributed by atoms with Crippen molar-refractivity contribution in [2.24, 2.45) is 0 Å². The number of aryl methyl sites for hydroxylation is 1. The lowest BCUT2D eigenvalue weighted by Gasteiger charge is -2.19. The third-order valence-corrected chi connectivity index (χ3v) is 4.69. The Kier molecular flexibility index (Phi) is 7.84. The molecule has 6 heteroatoms. The number of rotatable bonds is 10. The SMILES string of the molecule is C=CCN(CCNS(=O)(=O)CCCc1ccccc1)C(C)=O. The normalized spacial score (nSPS) is 11.1. The number of carbonyl (C=O) groups excluding carboxylic acids is 1. The lowest BCUT2D eigenvalue weighted by atomic mass is 10.1. The van der Waals surface area contributed by atoms with E-state index in [4.69, 9.17) is 0 Å². The molecule has 0 aliphatic rings. The molecule has 22 heavy (non-hydrogen) atoms. The van der Waals surface area contributed by atoms with Crippen molar-refractivity contribution in [3.63, 3.8) is 0 Å². The average Bonchev–Trinajstić information content (AvgIpc) is 2.47. The van der Waals surface area contributed by atoms with Gasteiger partial charge in [-0.3, -0.25) is 4.79 Å². The van der Waals surface area contributed by atoms with Gasteiger partial charge >= 0.3 is 0 Å². The van der Waals surface area contributed by atoms with Crippen LogP contribution < -0.4 is 4.72 Å². The summed E-state index contributed by atoms with van der Waals surface area (Å²) in [4.78, 5) is 12.9. The van der Waals surface area contributed by atoms with Crippen molar-refractivity contribution in [1.82, 2.24) is 9.62 Å². The van der Waals surface area contributed by atoms with Crippen LogP contribution in [0.1, 0.15) is 18.9 Å². The number of benzene rings is 1. The van der Waals surface area contributed by atoms with Crippen LogP contribution >= 0.6 is 0 Å². The summed E-state index contributed by atoms with van der Waals surface area (Å²) in [5.41, 5.74) is 1.13. The first-order valence-corrected chi connectivity index (χ1v) is 8.97. The molecule has 0 saturated heterocycles. The monoisotopic (exact) mass is 324 g/mol. The summed E-state index contributed by atoms with van der Waals surface area (Å²) < 4.78 is 26.3. The van der Waals surface area contributed by atoms with E-state index in [9.17, 15) is 13.2 Å². The Balaban J connectivity index is 2.31. The van der Waals surface area contributed by atoms with Crippen molar-refractivity contribution < 1.29 is 13.2 Å². The highest BCUT2D eigenvalue weighted by atomic mass is 32.2. The largest absolute Gasteiger partial charge is 0.338 e. The molecule has 0 fully saturated rings. The van der Waals surface area contributed by atoms with E-state index in [0.29, 0.717) is 19.5 Å². The van der Waals surface area contributed by atoms with Crippen LogP contribution in [0.2, 0.25) is 0 Å². The lowest BCUT2D eigenvalue weighted by molar-refractivity contribution is -0.128. The van der Waals surface area contributed by atoms with Crippen molar-refractivity contribution in [2.45, 2.75) is 19.8 Å². The van der Waals surface area contributed by atoms with E-state index in [2.05, 4.69) is 11.3 Å². The molecular formula is C16H24N2O3S. The summed E-state index contributed by atoms with van der Waals surface area (Å²) in [6, 6.07) is 9.79. The van der Waals surface area contributed by atoms with Crippen molar-refractivity contribution in [2.75, 3.05) is 25.4 Å². The Hall–Kier alpha value is -1.66. The molecule has 0 saturated carbocycles. The Bertz CT molecular complexity index is 570. The van der Waals surface area contributed by atoms with Gasteiger partial charge in [0.1, 0.15) is 0 Å². The topological polar surface area (TPSA) is 66.5 Å². The zero-order chi connectivity index (χ0) is 16.4. The van der Waals surface area contributed by atoms with Crippen LogP contribution in [0.3, 0.4) is 0 Å². The minimum Gasteiger partial charge on any atom is -0.338 e. The molecule has 0 unspecified atom stereocenters. The molecule has 1 aromatic rings. The molecule has 1 amide bonds. The zero-order valence-electron chi connectivity index (χ0n) is 13.0. The van der Waals surface area contributed by atoms with E-state index in [1.165, 1.54) is 6.92 Å². The predicted octanol–water partition coefficient (Wildman–Crippen LogP) is 1.57. The molecule has 0 radical (unpaired) electrons. The molecular weight excluding hydrogens is 300 g/mol. The van der Waals surface area contributed by atoms with Crippen molar-refractivity contribution in [1.29, 1.82) is 0 Å². The second-order valence-electron chi connectivity index (χ2n) is 5.06. The molecule has 5 nitrogen and oxygen atoms in total. The van der Waals surface area contributed by atoms with Gasteiger partial charge in [0.15, 0.2) is 0 Å². The van der Waals surface area contributed by atoms with Crippen molar-refractivity contribution in [3.05, 3.63) is 48.6 Å². The van der Waals surface area contributed by atoms with Gasteiger partial charge in [-0.05, 0) is 18.4 Å². The maximum absolute atomic E-state index is 11.9. The van der Waals surface area contributed by atoms with Gasteiger partial charge in [-0.25, -0.2) is 13.1 Å². The molecule has 0 aliphatic heterocycles. The Morgan fingerprint density at radius 3 is 2.59 bits per heavy atom. The highest BCUT2D eigenvalue weighted by molar-refractivity contribution is 7.89. The summed E-state index contributed by atoms with van der Waals surface area (Å²) in [5, 5.41) is 0. The number of carbonyl (C=O) groups is 1. The van der Waals surface area contributed by atoms with Gasteiger partial charge in [-0.1, -0.05) is 36.4 Å². The number of hydrogen-bond donors (Lipinski definition) is 1. The quantitative estimate of drug-likeness (QED) is 0.664. The number of amides is 1. The summed E-state index contributed by atoms with van der Waals surface area (Å²) in [6.07, 6.45) is 2.93. The molecule has 0 aliphatic carbocycles. The number of hydrogen-bond acceptors (Lipinski definition) is 3. The van der Waals surface area contributed by atoms with Gasteiger partial charge in [0.05, 0.1) is 5.75 Å². The Morgan fingerprint density at radius 2 is 2.00 bits per heavy atom. The highest BCUT2D eigenvalue weighted by Crippen LogP contribution is 2.03. The fourth-order valence-electron chi connectivity index (χ4n) is 2.05. The predicted molar refractivity (Wildman–Crippen MR) is 89.0 cm³/mol. The van der Waals surface area contributed by atoms with Crippen LogP contribution in [0, 0.1) is 0 Å². The van der Waals surface area contributed by atoms with Crippen LogP contribution in [-0.2, 0) is 21.2 Å². The first-order chi connectivity index (χ1) is 10.4. The van der Waals surface area contributed by atoms with Crippen LogP contribution in [-0.4, -0.2) is 44.6 Å². The number of nitrogens with zero attached hydrogens (tertiary/aromatic N) is 1. The fraction of sp³-hybridized carbons (Fsp3) is 0.438. The average molecular weight is 324 g/mol. The van der Waals surface area contributed by atoms with Gasteiger partial charge in [0.2, 0.25) is 15.9 Å². The molecule has 1 rings (SSSR count). The smallest absolute Gasteiger partial charge is 0.219 e. The summed E-state index contributed by atoms with van der Waals surface area (Å²) in [7, 11) is -3.30. The van der Waals surface area contributed by atoms with Crippen molar-refractivity contribution >= 4 is 15.9 Å². The molecule has 0 spiro atoms. The van der Waals surface area contributed by atoms with E-state index in [1.54, 1.807) is 11.0 Å². The van der Waals surface area contributed by atoms with E-state index >= 15 is 0 Å². The maximum Gasteiger partial charge on any atom is 0.219 e. The van der Waals surface area contributed by atoms with Crippen LogP contribution in [0.5, 0.6) is 0 Å². The zero-order valence-corrected chi connectivity index (χ0v) is 13.8. The van der Waals surface area contributed by atoms with Crippen molar-refractivity contribution in [3.8, 4) is 0 Å². The Labute approximate surface area is 133 Å². The lowest BCUT2D eigenvalue weighted by Crippen LogP contribution is -2.38. The second kappa shape index (κ2) is 9.38. The van der Waals surface area contributed by atoms with Gasteiger partial charge < -0.3 is 4.90 Å². The molecule has 1 N–H and O–H groups in total. The molecule has 1 aromatic carbocycles. The number of nitrogens with one attached hydrogen (secondary N) is 1.